The number of hydrogen-bond acceptors (Lipinski definition) is 6. The Morgan fingerprint density at radius 2 is 2.00 bits per heavy atom. The smallest absolute Gasteiger partial charge is 0.230 e. The number of rotatable bonds is 4. The number of halogens is 1. The predicted molar refractivity (Wildman–Crippen MR) is 92.5 cm³/mol. The zero-order valence-electron chi connectivity index (χ0n) is 13.9. The number of morpholine rings is 1. The van der Waals surface area contributed by atoms with Gasteiger partial charge < -0.3 is 9.84 Å². The molecule has 1 atom stereocenters. The molecule has 1 aliphatic heterocycles. The van der Waals surface area contributed by atoms with Crippen molar-refractivity contribution in [2.45, 2.75) is 19.4 Å². The molecule has 1 fully saturated rings. The first-order valence-electron chi connectivity index (χ1n) is 8.32. The van der Waals surface area contributed by atoms with Gasteiger partial charge >= 0.3 is 0 Å². The molecule has 132 valence electrons. The number of hydrogen-bond donors (Lipinski definition) is 1. The van der Waals surface area contributed by atoms with Crippen molar-refractivity contribution in [1.29, 1.82) is 0 Å². The van der Waals surface area contributed by atoms with Crippen molar-refractivity contribution in [3.63, 3.8) is 0 Å². The second-order valence-corrected chi connectivity index (χ2v) is 6.98. The van der Waals surface area contributed by atoms with E-state index in [2.05, 4.69) is 15.0 Å². The van der Waals surface area contributed by atoms with Crippen LogP contribution in [0.25, 0.3) is 4.96 Å². The normalized spacial score (nSPS) is 17.2. The van der Waals surface area contributed by atoms with Crippen molar-refractivity contribution in [1.82, 2.24) is 19.5 Å². The standard InChI is InChI=1S/C17H19FN4O2S/c1-2-13-19-17-22(20-13)16(23)15(25-17)14(21-7-9-24-10-8-21)11-3-5-12(18)6-4-11/h3-6,14,23H,2,7-10H2,1H3/t14-/m1/s1. The van der Waals surface area contributed by atoms with E-state index in [0.29, 0.717) is 30.4 Å². The van der Waals surface area contributed by atoms with Gasteiger partial charge in [0, 0.05) is 19.5 Å². The van der Waals surface area contributed by atoms with Crippen molar-refractivity contribution < 1.29 is 14.2 Å². The molecule has 0 radical (unpaired) electrons. The Morgan fingerprint density at radius 3 is 2.64 bits per heavy atom. The largest absolute Gasteiger partial charge is 0.492 e. The van der Waals surface area contributed by atoms with Crippen molar-refractivity contribution in [3.8, 4) is 5.88 Å². The van der Waals surface area contributed by atoms with Gasteiger partial charge in [-0.05, 0) is 17.7 Å². The highest BCUT2D eigenvalue weighted by Gasteiger charge is 2.30. The first-order chi connectivity index (χ1) is 12.2. The lowest BCUT2D eigenvalue weighted by molar-refractivity contribution is 0.0241. The zero-order valence-corrected chi connectivity index (χ0v) is 14.7. The molecule has 25 heavy (non-hydrogen) atoms. The van der Waals surface area contributed by atoms with Gasteiger partial charge in [-0.2, -0.15) is 4.52 Å². The number of fused-ring (bicyclic) bond motifs is 1. The van der Waals surface area contributed by atoms with E-state index >= 15 is 0 Å². The molecule has 6 nitrogen and oxygen atoms in total. The fraction of sp³-hybridized carbons (Fsp3) is 0.412. The number of thiazole rings is 1. The van der Waals surface area contributed by atoms with E-state index in [1.165, 1.54) is 28.0 Å². The highest BCUT2D eigenvalue weighted by molar-refractivity contribution is 7.17. The van der Waals surface area contributed by atoms with Gasteiger partial charge in [-0.15, -0.1) is 5.10 Å². The third-order valence-corrected chi connectivity index (χ3v) is 5.48. The monoisotopic (exact) mass is 362 g/mol. The highest BCUT2D eigenvalue weighted by atomic mass is 32.1. The topological polar surface area (TPSA) is 62.9 Å². The summed E-state index contributed by atoms with van der Waals surface area (Å²) >= 11 is 1.42. The lowest BCUT2D eigenvalue weighted by atomic mass is 10.0. The molecule has 0 amide bonds. The maximum absolute atomic E-state index is 13.4. The van der Waals surface area contributed by atoms with Gasteiger partial charge in [0.25, 0.3) is 0 Å². The number of aryl methyl sites for hydroxylation is 1. The minimum atomic E-state index is -0.274. The minimum Gasteiger partial charge on any atom is -0.492 e. The van der Waals surface area contributed by atoms with Crippen LogP contribution < -0.4 is 0 Å². The highest BCUT2D eigenvalue weighted by Crippen LogP contribution is 2.40. The summed E-state index contributed by atoms with van der Waals surface area (Å²) in [5.41, 5.74) is 0.929. The summed E-state index contributed by atoms with van der Waals surface area (Å²) in [6, 6.07) is 6.26. The maximum Gasteiger partial charge on any atom is 0.230 e. The minimum absolute atomic E-state index is 0.105. The zero-order chi connectivity index (χ0) is 17.4. The molecule has 3 aromatic rings. The summed E-state index contributed by atoms with van der Waals surface area (Å²) in [6.07, 6.45) is 0.716. The Labute approximate surface area is 148 Å². The molecular weight excluding hydrogens is 343 g/mol. The number of aromatic nitrogens is 3. The average molecular weight is 362 g/mol. The van der Waals surface area contributed by atoms with Gasteiger partial charge in [0.1, 0.15) is 5.82 Å². The van der Waals surface area contributed by atoms with Crippen LogP contribution in [-0.2, 0) is 11.2 Å². The fourth-order valence-electron chi connectivity index (χ4n) is 3.13. The Kier molecular flexibility index (Phi) is 4.41. The molecule has 0 aliphatic carbocycles. The molecule has 0 unspecified atom stereocenters. The predicted octanol–water partition coefficient (Wildman–Crippen LogP) is 2.62. The molecule has 2 aromatic heterocycles. The third kappa shape index (κ3) is 3.01. The lowest BCUT2D eigenvalue weighted by Crippen LogP contribution is -2.39. The number of aromatic hydroxyl groups is 1. The Bertz CT molecular complexity index is 871. The number of ether oxygens (including phenoxy) is 1. The second kappa shape index (κ2) is 6.70. The van der Waals surface area contributed by atoms with Crippen molar-refractivity contribution >= 4 is 16.3 Å². The van der Waals surface area contributed by atoms with Crippen molar-refractivity contribution in [2.24, 2.45) is 0 Å². The molecule has 1 aliphatic rings. The van der Waals surface area contributed by atoms with E-state index in [1.54, 1.807) is 12.1 Å². The van der Waals surface area contributed by atoms with E-state index in [9.17, 15) is 9.50 Å². The van der Waals surface area contributed by atoms with Gasteiger partial charge in [-0.3, -0.25) is 4.90 Å². The van der Waals surface area contributed by atoms with Crippen LogP contribution in [-0.4, -0.2) is 50.9 Å². The Balaban J connectivity index is 1.80. The van der Waals surface area contributed by atoms with Crippen LogP contribution in [0.1, 0.15) is 29.2 Å². The SMILES string of the molecule is CCc1nc2sc([C@@H](c3ccc(F)cc3)N3CCOCC3)c(O)n2n1. The average Bonchev–Trinajstić information content (AvgIpc) is 3.18. The number of nitrogens with zero attached hydrogens (tertiary/aromatic N) is 4. The molecular formula is C17H19FN4O2S. The molecule has 0 bridgehead atoms. The van der Waals surface area contributed by atoms with Gasteiger partial charge in [0.2, 0.25) is 10.8 Å². The van der Waals surface area contributed by atoms with E-state index in [4.69, 9.17) is 4.74 Å². The summed E-state index contributed by atoms with van der Waals surface area (Å²) in [5, 5.41) is 15.1. The summed E-state index contributed by atoms with van der Waals surface area (Å²) in [6.45, 7) is 4.75. The summed E-state index contributed by atoms with van der Waals surface area (Å²) in [5.74, 6) is 0.537. The van der Waals surface area contributed by atoms with Crippen LogP contribution >= 0.6 is 11.3 Å². The van der Waals surface area contributed by atoms with Crippen LogP contribution in [0.5, 0.6) is 5.88 Å². The summed E-state index contributed by atoms with van der Waals surface area (Å²) in [7, 11) is 0. The Hall–Kier alpha value is -2.03. The molecule has 1 saturated heterocycles. The molecule has 0 saturated carbocycles. The molecule has 1 N–H and O–H groups in total. The molecule has 0 spiro atoms. The van der Waals surface area contributed by atoms with Crippen molar-refractivity contribution in [3.05, 3.63) is 46.3 Å². The van der Waals surface area contributed by atoms with Gasteiger partial charge in [-0.25, -0.2) is 9.37 Å². The summed E-state index contributed by atoms with van der Waals surface area (Å²) < 4.78 is 20.3. The van der Waals surface area contributed by atoms with Gasteiger partial charge in [0.05, 0.1) is 24.1 Å². The summed E-state index contributed by atoms with van der Waals surface area (Å²) in [4.78, 5) is 8.13. The van der Waals surface area contributed by atoms with Crippen LogP contribution in [0.2, 0.25) is 0 Å². The third-order valence-electron chi connectivity index (χ3n) is 4.40. The van der Waals surface area contributed by atoms with E-state index in [-0.39, 0.29) is 17.7 Å². The van der Waals surface area contributed by atoms with E-state index in [1.807, 2.05) is 6.92 Å². The molecule has 1 aromatic carbocycles. The molecule has 4 rings (SSSR count). The van der Waals surface area contributed by atoms with E-state index < -0.39 is 0 Å². The van der Waals surface area contributed by atoms with Crippen LogP contribution in [0, 0.1) is 5.82 Å². The fourth-order valence-corrected chi connectivity index (χ4v) is 4.26. The second-order valence-electron chi connectivity index (χ2n) is 5.97. The first-order valence-corrected chi connectivity index (χ1v) is 9.13. The van der Waals surface area contributed by atoms with E-state index in [0.717, 1.165) is 23.5 Å². The first kappa shape index (κ1) is 16.4. The quantitative estimate of drug-likeness (QED) is 0.773. The lowest BCUT2D eigenvalue weighted by Gasteiger charge is -2.34. The van der Waals surface area contributed by atoms with Crippen LogP contribution in [0.15, 0.2) is 24.3 Å². The maximum atomic E-state index is 13.4. The molecule has 3 heterocycles. The van der Waals surface area contributed by atoms with Gasteiger partial charge in [0.15, 0.2) is 5.82 Å². The van der Waals surface area contributed by atoms with Crippen molar-refractivity contribution in [2.75, 3.05) is 26.3 Å². The van der Waals surface area contributed by atoms with Gasteiger partial charge in [-0.1, -0.05) is 30.4 Å². The molecule has 8 heteroatoms. The Morgan fingerprint density at radius 1 is 1.28 bits per heavy atom. The number of benzene rings is 1. The van der Waals surface area contributed by atoms with Crippen LogP contribution in [0.3, 0.4) is 0 Å². The van der Waals surface area contributed by atoms with Crippen LogP contribution in [0.4, 0.5) is 4.39 Å².